The lowest BCUT2D eigenvalue weighted by Crippen LogP contribution is -2.28. The van der Waals surface area contributed by atoms with Crippen LogP contribution in [0, 0.1) is 0 Å². The van der Waals surface area contributed by atoms with Gasteiger partial charge in [-0.1, -0.05) is 18.2 Å². The van der Waals surface area contributed by atoms with E-state index < -0.39 is 16.0 Å². The van der Waals surface area contributed by atoms with Crippen LogP contribution in [0.4, 0.5) is 0 Å². The molecule has 0 aliphatic heterocycles. The Labute approximate surface area is 113 Å². The van der Waals surface area contributed by atoms with E-state index in [0.29, 0.717) is 25.1 Å². The van der Waals surface area contributed by atoms with Crippen LogP contribution in [0.2, 0.25) is 0 Å². The molecular formula is C12H18N2O4S. The maximum atomic E-state index is 11.8. The van der Waals surface area contributed by atoms with Gasteiger partial charge in [0.05, 0.1) is 18.4 Å². The molecule has 0 saturated heterocycles. The van der Waals surface area contributed by atoms with Crippen molar-refractivity contribution in [1.29, 1.82) is 0 Å². The van der Waals surface area contributed by atoms with E-state index in [1.807, 2.05) is 0 Å². The molecule has 0 saturated carbocycles. The number of nitrogens with two attached hydrogens (primary N) is 1. The minimum atomic E-state index is -3.48. The molecular weight excluding hydrogens is 268 g/mol. The summed E-state index contributed by atoms with van der Waals surface area (Å²) in [5, 5.41) is 0. The fourth-order valence-corrected chi connectivity index (χ4v) is 2.76. The monoisotopic (exact) mass is 286 g/mol. The summed E-state index contributed by atoms with van der Waals surface area (Å²) < 4.78 is 30.7. The number of carbonyl (C=O) groups is 1. The molecule has 3 N–H and O–H groups in total. The van der Waals surface area contributed by atoms with Crippen molar-refractivity contribution < 1.29 is 17.9 Å². The van der Waals surface area contributed by atoms with Gasteiger partial charge >= 0.3 is 5.97 Å². The van der Waals surface area contributed by atoms with Crippen molar-refractivity contribution in [3.05, 3.63) is 35.4 Å². The number of benzene rings is 1. The first-order chi connectivity index (χ1) is 9.00. The predicted octanol–water partition coefficient (Wildman–Crippen LogP) is 0.241. The molecule has 0 aliphatic carbocycles. The SMILES string of the molecule is COC(=O)c1ccccc1CS(=O)(=O)NCCCN. The van der Waals surface area contributed by atoms with Crippen LogP contribution in [0.1, 0.15) is 22.3 Å². The van der Waals surface area contributed by atoms with E-state index in [1.165, 1.54) is 13.2 Å². The van der Waals surface area contributed by atoms with Gasteiger partial charge < -0.3 is 10.5 Å². The van der Waals surface area contributed by atoms with Crippen LogP contribution in [0.15, 0.2) is 24.3 Å². The van der Waals surface area contributed by atoms with E-state index in [1.54, 1.807) is 18.2 Å². The van der Waals surface area contributed by atoms with Crippen LogP contribution in [0.5, 0.6) is 0 Å². The Morgan fingerprint density at radius 2 is 2.05 bits per heavy atom. The average molecular weight is 286 g/mol. The van der Waals surface area contributed by atoms with Gasteiger partial charge in [0.15, 0.2) is 0 Å². The summed E-state index contributed by atoms with van der Waals surface area (Å²) in [5.41, 5.74) is 5.97. The molecule has 0 bridgehead atoms. The number of ether oxygens (including phenoxy) is 1. The van der Waals surface area contributed by atoms with Crippen molar-refractivity contribution in [2.45, 2.75) is 12.2 Å². The lowest BCUT2D eigenvalue weighted by atomic mass is 10.1. The molecule has 1 aromatic carbocycles. The molecule has 0 radical (unpaired) electrons. The van der Waals surface area contributed by atoms with Crippen molar-refractivity contribution in [1.82, 2.24) is 4.72 Å². The fraction of sp³-hybridized carbons (Fsp3) is 0.417. The molecule has 1 rings (SSSR count). The first kappa shape index (κ1) is 15.6. The van der Waals surface area contributed by atoms with Gasteiger partial charge in [-0.3, -0.25) is 0 Å². The van der Waals surface area contributed by atoms with E-state index in [4.69, 9.17) is 5.73 Å². The molecule has 0 fully saturated rings. The topological polar surface area (TPSA) is 98.5 Å². The Morgan fingerprint density at radius 3 is 2.68 bits per heavy atom. The molecule has 6 nitrogen and oxygen atoms in total. The third-order valence-electron chi connectivity index (χ3n) is 2.47. The molecule has 0 atom stereocenters. The van der Waals surface area contributed by atoms with Crippen molar-refractivity contribution in [2.24, 2.45) is 5.73 Å². The Hall–Kier alpha value is -1.44. The third kappa shape index (κ3) is 4.98. The number of rotatable bonds is 7. The van der Waals surface area contributed by atoms with Gasteiger partial charge in [-0.15, -0.1) is 0 Å². The minimum absolute atomic E-state index is 0.259. The minimum Gasteiger partial charge on any atom is -0.465 e. The number of esters is 1. The summed E-state index contributed by atoms with van der Waals surface area (Å²) in [7, 11) is -2.23. The lowest BCUT2D eigenvalue weighted by molar-refractivity contribution is 0.0600. The summed E-state index contributed by atoms with van der Waals surface area (Å²) >= 11 is 0. The smallest absolute Gasteiger partial charge is 0.338 e. The van der Waals surface area contributed by atoms with E-state index in [9.17, 15) is 13.2 Å². The predicted molar refractivity (Wildman–Crippen MR) is 72.1 cm³/mol. The first-order valence-corrected chi connectivity index (χ1v) is 7.49. The lowest BCUT2D eigenvalue weighted by Gasteiger charge is -2.09. The molecule has 1 aromatic rings. The summed E-state index contributed by atoms with van der Waals surface area (Å²) in [6.45, 7) is 0.709. The largest absolute Gasteiger partial charge is 0.465 e. The molecule has 0 unspecified atom stereocenters. The van der Waals surface area contributed by atoms with E-state index in [-0.39, 0.29) is 11.3 Å². The Bertz CT molecular complexity index is 528. The van der Waals surface area contributed by atoms with Crippen molar-refractivity contribution >= 4 is 16.0 Å². The fourth-order valence-electron chi connectivity index (χ4n) is 1.54. The van der Waals surface area contributed by atoms with Crippen LogP contribution >= 0.6 is 0 Å². The van der Waals surface area contributed by atoms with E-state index in [2.05, 4.69) is 9.46 Å². The van der Waals surface area contributed by atoms with Gasteiger partial charge in [0.1, 0.15) is 0 Å². The molecule has 106 valence electrons. The van der Waals surface area contributed by atoms with E-state index >= 15 is 0 Å². The number of hydrogen-bond acceptors (Lipinski definition) is 5. The van der Waals surface area contributed by atoms with E-state index in [0.717, 1.165) is 0 Å². The normalized spacial score (nSPS) is 11.3. The summed E-state index contributed by atoms with van der Waals surface area (Å²) in [6.07, 6.45) is 0.567. The van der Waals surface area contributed by atoms with Crippen LogP contribution in [-0.2, 0) is 20.5 Å². The third-order valence-corrected chi connectivity index (χ3v) is 3.81. The van der Waals surface area contributed by atoms with Gasteiger partial charge in [0.2, 0.25) is 10.0 Å². The van der Waals surface area contributed by atoms with Gasteiger partial charge in [-0.05, 0) is 24.6 Å². The second kappa shape index (κ2) is 7.22. The van der Waals surface area contributed by atoms with Gasteiger partial charge in [-0.2, -0.15) is 0 Å². The van der Waals surface area contributed by atoms with Gasteiger partial charge in [0.25, 0.3) is 0 Å². The summed E-state index contributed by atoms with van der Waals surface area (Å²) in [4.78, 5) is 11.5. The highest BCUT2D eigenvalue weighted by atomic mass is 32.2. The second-order valence-corrected chi connectivity index (χ2v) is 5.75. The summed E-state index contributed by atoms with van der Waals surface area (Å²) in [6, 6.07) is 6.46. The van der Waals surface area contributed by atoms with Crippen LogP contribution in [-0.4, -0.2) is 34.6 Å². The Morgan fingerprint density at radius 1 is 1.37 bits per heavy atom. The number of hydrogen-bond donors (Lipinski definition) is 2. The molecule has 0 aliphatic rings. The van der Waals surface area contributed by atoms with Crippen LogP contribution in [0.25, 0.3) is 0 Å². The van der Waals surface area contributed by atoms with Crippen LogP contribution in [0.3, 0.4) is 0 Å². The second-order valence-electron chi connectivity index (χ2n) is 3.94. The summed E-state index contributed by atoms with van der Waals surface area (Å²) in [5.74, 6) is -0.809. The quantitative estimate of drug-likeness (QED) is 0.552. The zero-order valence-corrected chi connectivity index (χ0v) is 11.6. The molecule has 0 heterocycles. The number of nitrogens with one attached hydrogen (secondary N) is 1. The van der Waals surface area contributed by atoms with Crippen molar-refractivity contribution in [2.75, 3.05) is 20.2 Å². The molecule has 0 aromatic heterocycles. The number of methoxy groups -OCH3 is 1. The molecule has 0 spiro atoms. The Balaban J connectivity index is 2.84. The molecule has 19 heavy (non-hydrogen) atoms. The number of carbonyl (C=O) groups excluding carboxylic acids is 1. The zero-order valence-electron chi connectivity index (χ0n) is 10.8. The van der Waals surface area contributed by atoms with Gasteiger partial charge in [-0.25, -0.2) is 17.9 Å². The van der Waals surface area contributed by atoms with Gasteiger partial charge in [0, 0.05) is 6.54 Å². The average Bonchev–Trinajstić information content (AvgIpc) is 2.38. The van der Waals surface area contributed by atoms with Crippen molar-refractivity contribution in [3.8, 4) is 0 Å². The first-order valence-electron chi connectivity index (χ1n) is 5.84. The highest BCUT2D eigenvalue weighted by molar-refractivity contribution is 7.88. The number of sulfonamides is 1. The standard InChI is InChI=1S/C12H18N2O4S/c1-18-12(15)11-6-3-2-5-10(11)9-19(16,17)14-8-4-7-13/h2-3,5-6,14H,4,7-9,13H2,1H3. The maximum Gasteiger partial charge on any atom is 0.338 e. The highest BCUT2D eigenvalue weighted by Crippen LogP contribution is 2.13. The highest BCUT2D eigenvalue weighted by Gasteiger charge is 2.17. The Kier molecular flexibility index (Phi) is 5.94. The van der Waals surface area contributed by atoms with Crippen molar-refractivity contribution in [3.63, 3.8) is 0 Å². The maximum absolute atomic E-state index is 11.8. The zero-order chi connectivity index (χ0) is 14.3. The molecule has 0 amide bonds. The molecule has 7 heteroatoms. The van der Waals surface area contributed by atoms with Crippen LogP contribution < -0.4 is 10.5 Å².